The molecule has 2 heterocycles. The third kappa shape index (κ3) is 5.47. The summed E-state index contributed by atoms with van der Waals surface area (Å²) in [6, 6.07) is -0.738. The molecule has 14 nitrogen and oxygen atoms in total. The van der Waals surface area contributed by atoms with Gasteiger partial charge in [-0.3, -0.25) is 19.3 Å². The van der Waals surface area contributed by atoms with Crippen molar-refractivity contribution in [2.24, 2.45) is 0 Å². The number of carboxylic acids is 1. The van der Waals surface area contributed by atoms with Crippen molar-refractivity contribution in [2.75, 3.05) is 19.6 Å². The Labute approximate surface area is 240 Å². The van der Waals surface area contributed by atoms with Crippen LogP contribution in [0.3, 0.4) is 0 Å². The predicted molar refractivity (Wildman–Crippen MR) is 138 cm³/mol. The van der Waals surface area contributed by atoms with E-state index in [1.807, 2.05) is 0 Å². The topological polar surface area (TPSA) is 206 Å². The van der Waals surface area contributed by atoms with E-state index >= 15 is 4.39 Å². The van der Waals surface area contributed by atoms with Gasteiger partial charge in [-0.05, 0) is 25.0 Å². The lowest BCUT2D eigenvalue weighted by Gasteiger charge is -2.33. The van der Waals surface area contributed by atoms with Crippen molar-refractivity contribution in [3.8, 4) is 17.2 Å². The number of aromatic hydroxyl groups is 2. The molecular weight excluding hydrogens is 589 g/mol. The lowest BCUT2D eigenvalue weighted by atomic mass is 9.72. The van der Waals surface area contributed by atoms with E-state index in [1.165, 1.54) is 4.90 Å². The van der Waals surface area contributed by atoms with Gasteiger partial charge in [-0.15, -0.1) is 0 Å². The van der Waals surface area contributed by atoms with Crippen LogP contribution in [-0.4, -0.2) is 92.6 Å². The van der Waals surface area contributed by atoms with Crippen LogP contribution in [0.25, 0.3) is 0 Å². The number of phenols is 2. The Kier molecular flexibility index (Phi) is 8.44. The summed E-state index contributed by atoms with van der Waals surface area (Å²) in [6.45, 7) is 1.51. The second-order valence-electron chi connectivity index (χ2n) is 9.22. The number of carboxylic acid groups (broad SMARTS) is 1. The van der Waals surface area contributed by atoms with E-state index < -0.39 is 93.9 Å². The minimum atomic E-state index is -2.12. The number of aromatic carboxylic acids is 1. The quantitative estimate of drug-likeness (QED) is 0.150. The molecule has 2 aromatic rings. The minimum absolute atomic E-state index is 0.0234. The van der Waals surface area contributed by atoms with Crippen molar-refractivity contribution in [3.63, 3.8) is 0 Å². The maximum Gasteiger partial charge on any atom is 0.547 e. The third-order valence-corrected chi connectivity index (χ3v) is 7.03. The molecule has 2 aliphatic heterocycles. The minimum Gasteiger partial charge on any atom is -0.534 e. The first kappa shape index (κ1) is 30.3. The lowest BCUT2D eigenvalue weighted by Crippen LogP contribution is -2.60. The molecule has 0 spiro atoms. The predicted octanol–water partition coefficient (Wildman–Crippen LogP) is 0.309. The summed E-state index contributed by atoms with van der Waals surface area (Å²) in [5.74, 6) is -12.1. The molecule has 0 bridgehead atoms. The first-order chi connectivity index (χ1) is 19.8. The molecule has 4 rings (SSSR count). The summed E-state index contributed by atoms with van der Waals surface area (Å²) in [4.78, 5) is 64.5. The van der Waals surface area contributed by atoms with Crippen LogP contribution in [0.15, 0.2) is 18.2 Å². The van der Waals surface area contributed by atoms with Crippen LogP contribution in [0.1, 0.15) is 34.5 Å². The number of rotatable bonds is 6. The van der Waals surface area contributed by atoms with Crippen molar-refractivity contribution in [3.05, 3.63) is 51.5 Å². The maximum absolute atomic E-state index is 15.1. The van der Waals surface area contributed by atoms with Gasteiger partial charge in [-0.25, -0.2) is 18.4 Å². The molecule has 1 fully saturated rings. The van der Waals surface area contributed by atoms with Crippen LogP contribution in [0.2, 0.25) is 5.02 Å². The van der Waals surface area contributed by atoms with E-state index in [2.05, 4.69) is 10.6 Å². The van der Waals surface area contributed by atoms with Crippen LogP contribution in [0.4, 0.5) is 13.6 Å². The standard InChI is InChI=1S/C24H22BClF2N4O10/c1-2-31-5-6-32(22(37)21(31)36)24(40)30-17(14-10(26)8-12(33)18(34)16(14)28)20(35)29-13-7-9-3-4-11(27)15(23(38)39)19(9)42-25(13)41/h3-4,8,13,17,33-34,41H,2,5-7H2,1H3,(H,29,35)(H,30,40)(H,38,39)/t13-,17?/m0/s1. The summed E-state index contributed by atoms with van der Waals surface area (Å²) in [6.07, 6.45) is -0.313. The largest absolute Gasteiger partial charge is 0.547 e. The Hall–Kier alpha value is -4.64. The molecule has 1 saturated heterocycles. The number of benzene rings is 2. The van der Waals surface area contributed by atoms with E-state index in [0.29, 0.717) is 11.0 Å². The number of nitrogens with zero attached hydrogens (tertiary/aromatic N) is 2. The fourth-order valence-electron chi connectivity index (χ4n) is 4.54. The van der Waals surface area contributed by atoms with E-state index in [9.17, 15) is 48.7 Å². The average molecular weight is 611 g/mol. The first-order valence-corrected chi connectivity index (χ1v) is 12.6. The van der Waals surface area contributed by atoms with Crippen molar-refractivity contribution >= 4 is 48.4 Å². The highest BCUT2D eigenvalue weighted by atomic mass is 35.5. The highest BCUT2D eigenvalue weighted by Gasteiger charge is 2.42. The number of phenolic OH excluding ortho intramolecular Hbond substituents is 2. The smallest absolute Gasteiger partial charge is 0.534 e. The number of nitrogens with one attached hydrogen (secondary N) is 2. The zero-order valence-corrected chi connectivity index (χ0v) is 22.3. The summed E-state index contributed by atoms with van der Waals surface area (Å²) in [5.41, 5.74) is -1.61. The number of piperazine rings is 1. The van der Waals surface area contributed by atoms with Crippen LogP contribution in [0.5, 0.6) is 17.2 Å². The van der Waals surface area contributed by atoms with Crippen LogP contribution >= 0.6 is 11.6 Å². The summed E-state index contributed by atoms with van der Waals surface area (Å²) in [7, 11) is -1.95. The number of halogens is 3. The van der Waals surface area contributed by atoms with E-state index in [4.69, 9.17) is 16.3 Å². The van der Waals surface area contributed by atoms with E-state index in [0.717, 1.165) is 12.1 Å². The molecule has 42 heavy (non-hydrogen) atoms. The van der Waals surface area contributed by atoms with Crippen LogP contribution in [0, 0.1) is 11.6 Å². The second kappa shape index (κ2) is 11.7. The Bertz CT molecular complexity index is 1510. The number of fused-ring (bicyclic) bond motifs is 1. The van der Waals surface area contributed by atoms with Crippen molar-refractivity contribution in [1.29, 1.82) is 0 Å². The molecule has 18 heteroatoms. The summed E-state index contributed by atoms with van der Waals surface area (Å²) in [5, 5.41) is 43.2. The van der Waals surface area contributed by atoms with Gasteiger partial charge in [0, 0.05) is 31.3 Å². The number of likely N-dealkylation sites (N-methyl/N-ethyl adjacent to an activating group) is 1. The molecule has 0 aliphatic carbocycles. The molecule has 1 unspecified atom stereocenters. The van der Waals surface area contributed by atoms with Gasteiger partial charge in [0.15, 0.2) is 17.3 Å². The molecule has 0 saturated carbocycles. The number of urea groups is 1. The van der Waals surface area contributed by atoms with Gasteiger partial charge in [0.25, 0.3) is 0 Å². The molecule has 0 aromatic heterocycles. The van der Waals surface area contributed by atoms with Crippen molar-refractivity contribution in [1.82, 2.24) is 20.4 Å². The fraction of sp³-hybridized carbons (Fsp3) is 0.292. The molecule has 222 valence electrons. The zero-order valence-electron chi connectivity index (χ0n) is 21.6. The highest BCUT2D eigenvalue weighted by Crippen LogP contribution is 2.39. The Balaban J connectivity index is 1.66. The molecule has 6 N–H and O–H groups in total. The highest BCUT2D eigenvalue weighted by molar-refractivity contribution is 6.47. The van der Waals surface area contributed by atoms with Crippen LogP contribution < -0.4 is 15.3 Å². The SMILES string of the molecule is CCN1CCN(C(=O)NC(C(=O)N[C@H]2Cc3ccc(F)c(C(=O)O)c3OB2O)c2c(Cl)cc(O)c(O)c2F)C(=O)C1=O. The number of carbonyl (C=O) groups excluding carboxylic acids is 4. The van der Waals surface area contributed by atoms with Gasteiger partial charge in [0.1, 0.15) is 23.2 Å². The number of hydrogen-bond acceptors (Lipinski definition) is 9. The van der Waals surface area contributed by atoms with Gasteiger partial charge in [0.05, 0.1) is 11.0 Å². The Morgan fingerprint density at radius 1 is 1.19 bits per heavy atom. The lowest BCUT2D eigenvalue weighted by molar-refractivity contribution is -0.153. The van der Waals surface area contributed by atoms with E-state index in [1.54, 1.807) is 6.92 Å². The van der Waals surface area contributed by atoms with Gasteiger partial charge < -0.3 is 40.5 Å². The van der Waals surface area contributed by atoms with Crippen molar-refractivity contribution in [2.45, 2.75) is 25.3 Å². The average Bonchev–Trinajstić information content (AvgIpc) is 2.92. The van der Waals surface area contributed by atoms with Gasteiger partial charge in [-0.1, -0.05) is 17.7 Å². The normalized spacial score (nSPS) is 17.4. The number of amides is 5. The van der Waals surface area contributed by atoms with Gasteiger partial charge in [-0.2, -0.15) is 0 Å². The fourth-order valence-corrected chi connectivity index (χ4v) is 4.84. The van der Waals surface area contributed by atoms with Crippen molar-refractivity contribution < 1.29 is 57.8 Å². The van der Waals surface area contributed by atoms with E-state index in [-0.39, 0.29) is 31.6 Å². The molecule has 5 amide bonds. The second-order valence-corrected chi connectivity index (χ2v) is 9.63. The Morgan fingerprint density at radius 2 is 1.88 bits per heavy atom. The first-order valence-electron chi connectivity index (χ1n) is 12.3. The zero-order chi connectivity index (χ0) is 31.0. The molecule has 2 atom stereocenters. The Morgan fingerprint density at radius 3 is 2.52 bits per heavy atom. The molecule has 0 radical (unpaired) electrons. The number of hydrogen-bond donors (Lipinski definition) is 6. The molecule has 2 aliphatic rings. The van der Waals surface area contributed by atoms with Crippen LogP contribution in [-0.2, 0) is 20.8 Å². The maximum atomic E-state index is 15.1. The molecular formula is C24H22BClF2N4O10. The summed E-state index contributed by atoms with van der Waals surface area (Å²) < 4.78 is 34.4. The third-order valence-electron chi connectivity index (χ3n) is 6.71. The number of imide groups is 1. The number of carbonyl (C=O) groups is 5. The summed E-state index contributed by atoms with van der Waals surface area (Å²) >= 11 is 6.06. The van der Waals surface area contributed by atoms with Gasteiger partial charge in [0.2, 0.25) is 5.91 Å². The monoisotopic (exact) mass is 610 g/mol. The molecule has 2 aromatic carbocycles. The van der Waals surface area contributed by atoms with Gasteiger partial charge >= 0.3 is 30.9 Å².